The van der Waals surface area contributed by atoms with Crippen molar-refractivity contribution >= 4 is 11.7 Å². The zero-order valence-electron chi connectivity index (χ0n) is 13.1. The van der Waals surface area contributed by atoms with E-state index in [4.69, 9.17) is 0 Å². The first-order chi connectivity index (χ1) is 11.3. The molecular formula is C18H20N4O. The van der Waals surface area contributed by atoms with Gasteiger partial charge in [-0.05, 0) is 12.8 Å². The van der Waals surface area contributed by atoms with Gasteiger partial charge >= 0.3 is 0 Å². The standard InChI is InChI=1S/C18H20N4O/c23-18(21-8-4-5-9-21)15-11-22(12-15)17-10-16(19-13-20-17)14-6-2-1-3-7-14/h1-3,6-7,10,13,15H,4-5,8-9,11-12H2. The van der Waals surface area contributed by atoms with E-state index < -0.39 is 0 Å². The van der Waals surface area contributed by atoms with Crippen molar-refractivity contribution in [2.24, 2.45) is 5.92 Å². The highest BCUT2D eigenvalue weighted by Gasteiger charge is 2.36. The molecule has 118 valence electrons. The zero-order valence-corrected chi connectivity index (χ0v) is 13.1. The van der Waals surface area contributed by atoms with Gasteiger partial charge in [0, 0.05) is 37.8 Å². The van der Waals surface area contributed by atoms with Crippen LogP contribution in [-0.2, 0) is 4.79 Å². The lowest BCUT2D eigenvalue weighted by atomic mass is 9.98. The molecule has 23 heavy (non-hydrogen) atoms. The number of nitrogens with zero attached hydrogens (tertiary/aromatic N) is 4. The molecule has 0 saturated carbocycles. The maximum atomic E-state index is 12.4. The van der Waals surface area contributed by atoms with E-state index in [1.165, 1.54) is 0 Å². The van der Waals surface area contributed by atoms with Gasteiger partial charge in [0.2, 0.25) is 5.91 Å². The van der Waals surface area contributed by atoms with E-state index in [0.29, 0.717) is 5.91 Å². The molecule has 2 fully saturated rings. The van der Waals surface area contributed by atoms with E-state index in [-0.39, 0.29) is 5.92 Å². The first-order valence-electron chi connectivity index (χ1n) is 8.22. The van der Waals surface area contributed by atoms with Crippen molar-refractivity contribution < 1.29 is 4.79 Å². The predicted molar refractivity (Wildman–Crippen MR) is 89.0 cm³/mol. The van der Waals surface area contributed by atoms with Gasteiger partial charge in [0.15, 0.2) is 0 Å². The first-order valence-corrected chi connectivity index (χ1v) is 8.22. The Hall–Kier alpha value is -2.43. The molecule has 5 heteroatoms. The third-order valence-corrected chi connectivity index (χ3v) is 4.69. The van der Waals surface area contributed by atoms with E-state index in [9.17, 15) is 4.79 Å². The predicted octanol–water partition coefficient (Wildman–Crippen LogP) is 2.20. The van der Waals surface area contributed by atoms with Gasteiger partial charge in [-0.1, -0.05) is 30.3 Å². The van der Waals surface area contributed by atoms with Crippen LogP contribution in [0.4, 0.5) is 5.82 Å². The van der Waals surface area contributed by atoms with Crippen molar-refractivity contribution in [2.45, 2.75) is 12.8 Å². The maximum Gasteiger partial charge on any atom is 0.229 e. The molecule has 0 bridgehead atoms. The van der Waals surface area contributed by atoms with Gasteiger partial charge in [-0.25, -0.2) is 9.97 Å². The number of rotatable bonds is 3. The number of carbonyl (C=O) groups excluding carboxylic acids is 1. The molecule has 1 aromatic carbocycles. The van der Waals surface area contributed by atoms with Crippen molar-refractivity contribution in [3.63, 3.8) is 0 Å². The number of hydrogen-bond acceptors (Lipinski definition) is 4. The number of amides is 1. The Balaban J connectivity index is 1.43. The van der Waals surface area contributed by atoms with Crippen molar-refractivity contribution in [3.05, 3.63) is 42.7 Å². The summed E-state index contributed by atoms with van der Waals surface area (Å²) in [4.78, 5) is 25.3. The molecular weight excluding hydrogens is 288 g/mol. The summed E-state index contributed by atoms with van der Waals surface area (Å²) in [7, 11) is 0. The molecule has 0 unspecified atom stereocenters. The molecule has 1 aromatic heterocycles. The quantitative estimate of drug-likeness (QED) is 0.872. The molecule has 5 nitrogen and oxygen atoms in total. The van der Waals surface area contributed by atoms with Crippen LogP contribution in [0.3, 0.4) is 0 Å². The van der Waals surface area contributed by atoms with Gasteiger partial charge < -0.3 is 9.80 Å². The molecule has 2 saturated heterocycles. The van der Waals surface area contributed by atoms with Crippen molar-refractivity contribution in [1.82, 2.24) is 14.9 Å². The van der Waals surface area contributed by atoms with E-state index in [0.717, 1.165) is 56.1 Å². The highest BCUT2D eigenvalue weighted by atomic mass is 16.2. The third kappa shape index (κ3) is 2.79. The van der Waals surface area contributed by atoms with Crippen LogP contribution in [0.2, 0.25) is 0 Å². The van der Waals surface area contributed by atoms with Gasteiger partial charge in [-0.15, -0.1) is 0 Å². The average molecular weight is 308 g/mol. The van der Waals surface area contributed by atoms with Crippen molar-refractivity contribution in [1.29, 1.82) is 0 Å². The summed E-state index contributed by atoms with van der Waals surface area (Å²) >= 11 is 0. The summed E-state index contributed by atoms with van der Waals surface area (Å²) in [5, 5.41) is 0. The van der Waals surface area contributed by atoms with Crippen LogP contribution in [0.15, 0.2) is 42.7 Å². The molecule has 4 rings (SSSR count). The Kier molecular flexibility index (Phi) is 3.69. The lowest BCUT2D eigenvalue weighted by Gasteiger charge is -2.40. The third-order valence-electron chi connectivity index (χ3n) is 4.69. The largest absolute Gasteiger partial charge is 0.355 e. The monoisotopic (exact) mass is 308 g/mol. The summed E-state index contributed by atoms with van der Waals surface area (Å²) in [5.74, 6) is 1.35. The molecule has 0 atom stereocenters. The Morgan fingerprint density at radius 1 is 1.04 bits per heavy atom. The van der Waals surface area contributed by atoms with Crippen LogP contribution in [0.1, 0.15) is 12.8 Å². The molecule has 2 aliphatic heterocycles. The van der Waals surface area contributed by atoms with Crippen molar-refractivity contribution in [3.8, 4) is 11.3 Å². The number of anilines is 1. The molecule has 3 heterocycles. The molecule has 2 aliphatic rings. The van der Waals surface area contributed by atoms with Gasteiger partial charge in [0.1, 0.15) is 12.1 Å². The van der Waals surface area contributed by atoms with E-state index in [1.54, 1.807) is 6.33 Å². The summed E-state index contributed by atoms with van der Waals surface area (Å²) in [6, 6.07) is 12.1. The molecule has 1 amide bonds. The Labute approximate surface area is 136 Å². The number of aromatic nitrogens is 2. The minimum Gasteiger partial charge on any atom is -0.355 e. The summed E-state index contributed by atoms with van der Waals surface area (Å²) < 4.78 is 0. The minimum atomic E-state index is 0.128. The fourth-order valence-electron chi connectivity index (χ4n) is 3.30. The highest BCUT2D eigenvalue weighted by Crippen LogP contribution is 2.27. The van der Waals surface area contributed by atoms with Crippen LogP contribution >= 0.6 is 0 Å². The van der Waals surface area contributed by atoms with Gasteiger partial charge in [-0.2, -0.15) is 0 Å². The van der Waals surface area contributed by atoms with Crippen LogP contribution < -0.4 is 4.90 Å². The second kappa shape index (κ2) is 5.99. The van der Waals surface area contributed by atoms with Crippen LogP contribution in [0.25, 0.3) is 11.3 Å². The van der Waals surface area contributed by atoms with Crippen LogP contribution in [0.5, 0.6) is 0 Å². The Bertz CT molecular complexity index is 691. The van der Waals surface area contributed by atoms with Crippen LogP contribution in [0, 0.1) is 5.92 Å². The SMILES string of the molecule is O=C(C1CN(c2cc(-c3ccccc3)ncn2)C1)N1CCCC1. The fraction of sp³-hybridized carbons (Fsp3) is 0.389. The summed E-state index contributed by atoms with van der Waals surface area (Å²) in [6.45, 7) is 3.39. The molecule has 0 N–H and O–H groups in total. The number of likely N-dealkylation sites (tertiary alicyclic amines) is 1. The molecule has 0 aliphatic carbocycles. The molecule has 0 spiro atoms. The van der Waals surface area contributed by atoms with Crippen LogP contribution in [-0.4, -0.2) is 47.0 Å². The van der Waals surface area contributed by atoms with Gasteiger partial charge in [-0.3, -0.25) is 4.79 Å². The zero-order chi connectivity index (χ0) is 15.6. The highest BCUT2D eigenvalue weighted by molar-refractivity contribution is 5.82. The average Bonchev–Trinajstić information content (AvgIpc) is 3.09. The number of benzene rings is 1. The second-order valence-electron chi connectivity index (χ2n) is 6.26. The lowest BCUT2D eigenvalue weighted by molar-refractivity contribution is -0.135. The van der Waals surface area contributed by atoms with E-state index in [1.807, 2.05) is 41.3 Å². The molecule has 0 radical (unpaired) electrons. The van der Waals surface area contributed by atoms with Gasteiger partial charge in [0.25, 0.3) is 0 Å². The second-order valence-corrected chi connectivity index (χ2v) is 6.26. The van der Waals surface area contributed by atoms with E-state index in [2.05, 4.69) is 14.9 Å². The van der Waals surface area contributed by atoms with E-state index >= 15 is 0 Å². The minimum absolute atomic E-state index is 0.128. The fourth-order valence-corrected chi connectivity index (χ4v) is 3.30. The summed E-state index contributed by atoms with van der Waals surface area (Å²) in [5.41, 5.74) is 2.01. The number of carbonyl (C=O) groups is 1. The lowest BCUT2D eigenvalue weighted by Crippen LogP contribution is -2.54. The maximum absolute atomic E-state index is 12.4. The topological polar surface area (TPSA) is 49.3 Å². The Morgan fingerprint density at radius 3 is 2.52 bits per heavy atom. The first kappa shape index (κ1) is 14.2. The summed E-state index contributed by atoms with van der Waals surface area (Å²) in [6.07, 6.45) is 3.90. The molecule has 2 aromatic rings. The number of hydrogen-bond donors (Lipinski definition) is 0. The normalized spacial score (nSPS) is 18.1. The smallest absolute Gasteiger partial charge is 0.229 e. The Morgan fingerprint density at radius 2 is 1.78 bits per heavy atom. The van der Waals surface area contributed by atoms with Gasteiger partial charge in [0.05, 0.1) is 11.6 Å². The van der Waals surface area contributed by atoms with Crippen molar-refractivity contribution in [2.75, 3.05) is 31.1 Å².